The van der Waals surface area contributed by atoms with Crippen molar-refractivity contribution < 1.29 is 8.42 Å². The normalized spacial score (nSPS) is 13.4. The van der Waals surface area contributed by atoms with Crippen molar-refractivity contribution in [2.24, 2.45) is 5.92 Å². The molecule has 0 fully saturated rings. The molecule has 1 atom stereocenters. The van der Waals surface area contributed by atoms with Crippen LogP contribution in [0.4, 0.5) is 0 Å². The van der Waals surface area contributed by atoms with E-state index in [4.69, 9.17) is 0 Å². The van der Waals surface area contributed by atoms with Crippen LogP contribution in [-0.2, 0) is 10.0 Å². The van der Waals surface area contributed by atoms with Gasteiger partial charge in [-0.3, -0.25) is 0 Å². The van der Waals surface area contributed by atoms with Gasteiger partial charge >= 0.3 is 0 Å². The lowest BCUT2D eigenvalue weighted by atomic mass is 10.00. The van der Waals surface area contributed by atoms with Crippen LogP contribution >= 0.6 is 0 Å². The first-order valence-corrected chi connectivity index (χ1v) is 8.54. The first-order valence-electron chi connectivity index (χ1n) is 7.06. The van der Waals surface area contributed by atoms with E-state index in [1.807, 2.05) is 19.1 Å². The molecule has 0 aliphatic carbocycles. The van der Waals surface area contributed by atoms with E-state index in [2.05, 4.69) is 18.6 Å². The Bertz CT molecular complexity index is 465. The van der Waals surface area contributed by atoms with Crippen molar-refractivity contribution in [3.05, 3.63) is 29.8 Å². The number of aryl methyl sites for hydroxylation is 1. The van der Waals surface area contributed by atoms with E-state index in [1.54, 1.807) is 12.1 Å². The van der Waals surface area contributed by atoms with Crippen LogP contribution in [0.3, 0.4) is 0 Å². The summed E-state index contributed by atoms with van der Waals surface area (Å²) in [6.45, 7) is 6.75. The highest BCUT2D eigenvalue weighted by Gasteiger charge is 2.15. The molecule has 0 saturated heterocycles. The van der Waals surface area contributed by atoms with Crippen LogP contribution < -0.4 is 4.72 Å². The van der Waals surface area contributed by atoms with Gasteiger partial charge in [-0.1, -0.05) is 50.8 Å². The standard InChI is InChI=1S/C15H25NO2S/c1-4-6-7-14(5-2)12-16-19(17,18)15-10-8-13(3)9-11-15/h8-11,14,16H,4-7,12H2,1-3H3. The van der Waals surface area contributed by atoms with Gasteiger partial charge in [0, 0.05) is 6.54 Å². The summed E-state index contributed by atoms with van der Waals surface area (Å²) >= 11 is 0. The number of unbranched alkanes of at least 4 members (excludes halogenated alkanes) is 1. The molecule has 0 bridgehead atoms. The van der Waals surface area contributed by atoms with Crippen molar-refractivity contribution in [1.82, 2.24) is 4.72 Å². The maximum Gasteiger partial charge on any atom is 0.240 e. The SMILES string of the molecule is CCCCC(CC)CNS(=O)(=O)c1ccc(C)cc1. The molecular weight excluding hydrogens is 258 g/mol. The lowest BCUT2D eigenvalue weighted by molar-refractivity contribution is 0.444. The van der Waals surface area contributed by atoms with E-state index in [0.29, 0.717) is 17.4 Å². The van der Waals surface area contributed by atoms with E-state index in [9.17, 15) is 8.42 Å². The van der Waals surface area contributed by atoms with Crippen molar-refractivity contribution in [2.45, 2.75) is 51.3 Å². The Hall–Kier alpha value is -0.870. The second kappa shape index (κ2) is 7.65. The fourth-order valence-corrected chi connectivity index (χ4v) is 3.09. The topological polar surface area (TPSA) is 46.2 Å². The molecular formula is C15H25NO2S. The van der Waals surface area contributed by atoms with E-state index in [-0.39, 0.29) is 0 Å². The molecule has 0 heterocycles. The maximum absolute atomic E-state index is 12.1. The molecule has 0 saturated carbocycles. The van der Waals surface area contributed by atoms with Gasteiger partial charge in [0.25, 0.3) is 0 Å². The number of benzene rings is 1. The Labute approximate surface area is 117 Å². The smallest absolute Gasteiger partial charge is 0.211 e. The van der Waals surface area contributed by atoms with Crippen molar-refractivity contribution in [1.29, 1.82) is 0 Å². The number of nitrogens with one attached hydrogen (secondary N) is 1. The quantitative estimate of drug-likeness (QED) is 0.794. The number of hydrogen-bond donors (Lipinski definition) is 1. The minimum Gasteiger partial charge on any atom is -0.211 e. The lowest BCUT2D eigenvalue weighted by Gasteiger charge is -2.15. The van der Waals surface area contributed by atoms with E-state index in [0.717, 1.165) is 31.2 Å². The van der Waals surface area contributed by atoms with Crippen molar-refractivity contribution in [3.63, 3.8) is 0 Å². The molecule has 0 spiro atoms. The predicted octanol–water partition coefficient (Wildman–Crippen LogP) is 3.49. The summed E-state index contributed by atoms with van der Waals surface area (Å²) < 4.78 is 27.0. The molecule has 1 unspecified atom stereocenters. The molecule has 0 aliphatic rings. The summed E-state index contributed by atoms with van der Waals surface area (Å²) in [6.07, 6.45) is 4.41. The van der Waals surface area contributed by atoms with Gasteiger partial charge < -0.3 is 0 Å². The predicted molar refractivity (Wildman–Crippen MR) is 79.7 cm³/mol. The highest BCUT2D eigenvalue weighted by molar-refractivity contribution is 7.89. The van der Waals surface area contributed by atoms with Gasteiger partial charge in [-0.15, -0.1) is 0 Å². The average molecular weight is 283 g/mol. The highest BCUT2D eigenvalue weighted by atomic mass is 32.2. The molecule has 1 aromatic rings. The molecule has 0 amide bonds. The van der Waals surface area contributed by atoms with Crippen LogP contribution in [0.25, 0.3) is 0 Å². The molecule has 1 rings (SSSR count). The number of hydrogen-bond acceptors (Lipinski definition) is 2. The fraction of sp³-hybridized carbons (Fsp3) is 0.600. The van der Waals surface area contributed by atoms with Gasteiger partial charge in [0.2, 0.25) is 10.0 Å². The summed E-state index contributed by atoms with van der Waals surface area (Å²) in [5.41, 5.74) is 1.06. The lowest BCUT2D eigenvalue weighted by Crippen LogP contribution is -2.29. The summed E-state index contributed by atoms with van der Waals surface area (Å²) in [6, 6.07) is 6.96. The molecule has 19 heavy (non-hydrogen) atoms. The summed E-state index contributed by atoms with van der Waals surface area (Å²) in [5.74, 6) is 0.431. The largest absolute Gasteiger partial charge is 0.240 e. The third-order valence-electron chi connectivity index (χ3n) is 3.44. The van der Waals surface area contributed by atoms with Crippen molar-refractivity contribution in [3.8, 4) is 0 Å². The van der Waals surface area contributed by atoms with Crippen LogP contribution in [0.1, 0.15) is 45.1 Å². The number of sulfonamides is 1. The first-order chi connectivity index (χ1) is 8.99. The maximum atomic E-state index is 12.1. The Morgan fingerprint density at radius 1 is 1.16 bits per heavy atom. The van der Waals surface area contributed by atoms with Crippen LogP contribution in [-0.4, -0.2) is 15.0 Å². The summed E-state index contributed by atoms with van der Waals surface area (Å²) in [5, 5.41) is 0. The van der Waals surface area contributed by atoms with Crippen molar-refractivity contribution in [2.75, 3.05) is 6.54 Å². The Morgan fingerprint density at radius 2 is 1.79 bits per heavy atom. The molecule has 108 valence electrons. The van der Waals surface area contributed by atoms with Crippen LogP contribution in [0.2, 0.25) is 0 Å². The monoisotopic (exact) mass is 283 g/mol. The Balaban J connectivity index is 2.61. The Morgan fingerprint density at radius 3 is 2.32 bits per heavy atom. The number of rotatable bonds is 8. The van der Waals surface area contributed by atoms with Gasteiger partial charge in [0.15, 0.2) is 0 Å². The second-order valence-electron chi connectivity index (χ2n) is 5.08. The fourth-order valence-electron chi connectivity index (χ4n) is 1.97. The zero-order chi connectivity index (χ0) is 14.3. The van der Waals surface area contributed by atoms with Gasteiger partial charge in [-0.05, 0) is 31.4 Å². The minimum absolute atomic E-state index is 0.350. The zero-order valence-corrected chi connectivity index (χ0v) is 13.0. The third-order valence-corrected chi connectivity index (χ3v) is 4.88. The van der Waals surface area contributed by atoms with Crippen LogP contribution in [0, 0.1) is 12.8 Å². The second-order valence-corrected chi connectivity index (χ2v) is 6.85. The van der Waals surface area contributed by atoms with Crippen LogP contribution in [0.5, 0.6) is 0 Å². The molecule has 0 radical (unpaired) electrons. The van der Waals surface area contributed by atoms with Gasteiger partial charge in [0.1, 0.15) is 0 Å². The third kappa shape index (κ3) is 5.33. The minimum atomic E-state index is -3.36. The van der Waals surface area contributed by atoms with Crippen LogP contribution in [0.15, 0.2) is 29.2 Å². The molecule has 1 N–H and O–H groups in total. The van der Waals surface area contributed by atoms with Gasteiger partial charge in [-0.2, -0.15) is 0 Å². The summed E-state index contributed by atoms with van der Waals surface area (Å²) in [4.78, 5) is 0.350. The average Bonchev–Trinajstić information content (AvgIpc) is 2.39. The molecule has 0 aromatic heterocycles. The molecule has 0 aliphatic heterocycles. The zero-order valence-electron chi connectivity index (χ0n) is 12.1. The van der Waals surface area contributed by atoms with E-state index >= 15 is 0 Å². The molecule has 1 aromatic carbocycles. The first kappa shape index (κ1) is 16.2. The molecule has 4 heteroatoms. The van der Waals surface area contributed by atoms with Crippen molar-refractivity contribution >= 4 is 10.0 Å². The van der Waals surface area contributed by atoms with E-state index < -0.39 is 10.0 Å². The molecule has 3 nitrogen and oxygen atoms in total. The Kier molecular flexibility index (Phi) is 6.52. The van der Waals surface area contributed by atoms with E-state index in [1.165, 1.54) is 0 Å². The highest BCUT2D eigenvalue weighted by Crippen LogP contribution is 2.14. The van der Waals surface area contributed by atoms with Gasteiger partial charge in [0.05, 0.1) is 4.90 Å². The van der Waals surface area contributed by atoms with Gasteiger partial charge in [-0.25, -0.2) is 13.1 Å². The summed E-state index contributed by atoms with van der Waals surface area (Å²) in [7, 11) is -3.36.